The minimum atomic E-state index is 0.808. The molecule has 0 radical (unpaired) electrons. The first-order valence-electron chi connectivity index (χ1n) is 5.66. The van der Waals surface area contributed by atoms with E-state index >= 15 is 0 Å². The minimum absolute atomic E-state index is 0.808. The highest BCUT2D eigenvalue weighted by molar-refractivity contribution is 5.89. The summed E-state index contributed by atoms with van der Waals surface area (Å²) in [6, 6.07) is 18.6. The first kappa shape index (κ1) is 9.97. The number of aryl methyl sites for hydroxylation is 1. The van der Waals surface area contributed by atoms with Gasteiger partial charge in [0.2, 0.25) is 0 Å². The zero-order valence-corrected chi connectivity index (χ0v) is 9.72. The van der Waals surface area contributed by atoms with Crippen LogP contribution in [-0.2, 0) is 7.05 Å². The first-order chi connectivity index (χ1) is 8.25. The van der Waals surface area contributed by atoms with Gasteiger partial charge in [0.15, 0.2) is 0 Å². The minimum Gasteiger partial charge on any atom is -0.399 e. The van der Waals surface area contributed by atoms with Gasteiger partial charge in [-0.2, -0.15) is 0 Å². The van der Waals surface area contributed by atoms with Crippen molar-refractivity contribution in [3.8, 4) is 11.3 Å². The molecule has 0 aliphatic carbocycles. The maximum atomic E-state index is 5.81. The van der Waals surface area contributed by atoms with E-state index in [9.17, 15) is 0 Å². The van der Waals surface area contributed by atoms with E-state index in [-0.39, 0.29) is 0 Å². The van der Waals surface area contributed by atoms with Crippen molar-refractivity contribution in [2.75, 3.05) is 5.73 Å². The van der Waals surface area contributed by atoms with Crippen molar-refractivity contribution in [3.63, 3.8) is 0 Å². The van der Waals surface area contributed by atoms with Gasteiger partial charge in [0.1, 0.15) is 0 Å². The predicted molar refractivity (Wildman–Crippen MR) is 72.8 cm³/mol. The third-order valence-electron chi connectivity index (χ3n) is 3.14. The van der Waals surface area contributed by atoms with Gasteiger partial charge in [-0.3, -0.25) is 0 Å². The zero-order valence-electron chi connectivity index (χ0n) is 9.72. The molecule has 17 heavy (non-hydrogen) atoms. The molecule has 1 aromatic heterocycles. The molecule has 1 heterocycles. The summed E-state index contributed by atoms with van der Waals surface area (Å²) in [6.07, 6.45) is 0. The summed E-state index contributed by atoms with van der Waals surface area (Å²) in [4.78, 5) is 0. The molecule has 0 fully saturated rings. The maximum Gasteiger partial charge on any atom is 0.0488 e. The van der Waals surface area contributed by atoms with Gasteiger partial charge < -0.3 is 10.3 Å². The molecule has 0 aliphatic heterocycles. The van der Waals surface area contributed by atoms with Gasteiger partial charge in [0.05, 0.1) is 0 Å². The van der Waals surface area contributed by atoms with Gasteiger partial charge in [-0.25, -0.2) is 0 Å². The van der Waals surface area contributed by atoms with Crippen LogP contribution >= 0.6 is 0 Å². The average molecular weight is 222 g/mol. The van der Waals surface area contributed by atoms with Gasteiger partial charge in [0, 0.05) is 29.3 Å². The molecule has 0 spiro atoms. The molecule has 3 rings (SSSR count). The summed E-state index contributed by atoms with van der Waals surface area (Å²) in [6.45, 7) is 0. The summed E-state index contributed by atoms with van der Waals surface area (Å²) in [5.41, 5.74) is 10.3. The molecule has 0 bridgehead atoms. The average Bonchev–Trinajstić information content (AvgIpc) is 2.67. The topological polar surface area (TPSA) is 30.9 Å². The Morgan fingerprint density at radius 2 is 1.71 bits per heavy atom. The molecule has 2 heteroatoms. The summed E-state index contributed by atoms with van der Waals surface area (Å²) >= 11 is 0. The Morgan fingerprint density at radius 3 is 2.47 bits per heavy atom. The summed E-state index contributed by atoms with van der Waals surface area (Å²) in [5.74, 6) is 0. The highest BCUT2D eigenvalue weighted by atomic mass is 14.9. The Labute approximate surface area is 100 Å². The van der Waals surface area contributed by atoms with Crippen LogP contribution < -0.4 is 5.73 Å². The Kier molecular flexibility index (Phi) is 2.15. The second kappa shape index (κ2) is 3.67. The summed E-state index contributed by atoms with van der Waals surface area (Å²) in [5, 5.41) is 1.19. The first-order valence-corrected chi connectivity index (χ1v) is 5.66. The molecule has 0 saturated heterocycles. The van der Waals surface area contributed by atoms with E-state index in [4.69, 9.17) is 5.73 Å². The molecule has 2 N–H and O–H groups in total. The fourth-order valence-electron chi connectivity index (χ4n) is 2.25. The number of hydrogen-bond acceptors (Lipinski definition) is 1. The number of nitrogen functional groups attached to an aromatic ring is 1. The van der Waals surface area contributed by atoms with E-state index in [2.05, 4.69) is 48.0 Å². The van der Waals surface area contributed by atoms with E-state index in [1.807, 2.05) is 18.2 Å². The van der Waals surface area contributed by atoms with Crippen LogP contribution in [0.1, 0.15) is 0 Å². The Hall–Kier alpha value is -2.22. The molecule has 2 nitrogen and oxygen atoms in total. The third-order valence-corrected chi connectivity index (χ3v) is 3.14. The van der Waals surface area contributed by atoms with Crippen molar-refractivity contribution in [2.45, 2.75) is 0 Å². The van der Waals surface area contributed by atoms with Crippen LogP contribution in [0.3, 0.4) is 0 Å². The van der Waals surface area contributed by atoms with Crippen LogP contribution in [0.2, 0.25) is 0 Å². The zero-order chi connectivity index (χ0) is 11.8. The fraction of sp³-hybridized carbons (Fsp3) is 0.0667. The van der Waals surface area contributed by atoms with Crippen molar-refractivity contribution < 1.29 is 0 Å². The molecule has 0 amide bonds. The second-order valence-electron chi connectivity index (χ2n) is 4.27. The Morgan fingerprint density at radius 1 is 0.941 bits per heavy atom. The lowest BCUT2D eigenvalue weighted by Crippen LogP contribution is -1.91. The molecule has 2 aromatic carbocycles. The lowest BCUT2D eigenvalue weighted by Gasteiger charge is -2.03. The lowest BCUT2D eigenvalue weighted by atomic mass is 10.1. The Bertz CT molecular complexity index is 666. The molecular formula is C15H14N2. The van der Waals surface area contributed by atoms with E-state index < -0.39 is 0 Å². The molecule has 0 aliphatic rings. The van der Waals surface area contributed by atoms with Gasteiger partial charge in [-0.1, -0.05) is 30.3 Å². The molecule has 0 atom stereocenters. The van der Waals surface area contributed by atoms with Gasteiger partial charge >= 0.3 is 0 Å². The molecular weight excluding hydrogens is 208 g/mol. The van der Waals surface area contributed by atoms with Gasteiger partial charge in [-0.15, -0.1) is 0 Å². The van der Waals surface area contributed by atoms with Crippen LogP contribution in [0, 0.1) is 0 Å². The number of anilines is 1. The summed E-state index contributed by atoms with van der Waals surface area (Å²) in [7, 11) is 2.08. The van der Waals surface area contributed by atoms with Crippen LogP contribution in [0.15, 0.2) is 54.6 Å². The van der Waals surface area contributed by atoms with Gasteiger partial charge in [0.25, 0.3) is 0 Å². The number of nitrogens with two attached hydrogens (primary N) is 1. The molecule has 0 saturated carbocycles. The number of fused-ring (bicyclic) bond motifs is 1. The van der Waals surface area contributed by atoms with E-state index in [0.29, 0.717) is 0 Å². The lowest BCUT2D eigenvalue weighted by molar-refractivity contribution is 0.978. The largest absolute Gasteiger partial charge is 0.399 e. The number of rotatable bonds is 1. The molecule has 3 aromatic rings. The smallest absolute Gasteiger partial charge is 0.0488 e. The third kappa shape index (κ3) is 1.58. The van der Waals surface area contributed by atoms with E-state index in [0.717, 1.165) is 5.69 Å². The van der Waals surface area contributed by atoms with Crippen LogP contribution in [0.4, 0.5) is 5.69 Å². The number of nitrogens with zero attached hydrogens (tertiary/aromatic N) is 1. The number of aromatic nitrogens is 1. The van der Waals surface area contributed by atoms with E-state index in [1.54, 1.807) is 0 Å². The second-order valence-corrected chi connectivity index (χ2v) is 4.27. The molecule has 84 valence electrons. The normalized spacial score (nSPS) is 10.9. The SMILES string of the molecule is Cn1c(-c2ccccc2)cc2cc(N)ccc21. The van der Waals surface area contributed by atoms with Crippen molar-refractivity contribution in [1.82, 2.24) is 4.57 Å². The Balaban J connectivity index is 2.28. The van der Waals surface area contributed by atoms with Crippen molar-refractivity contribution >= 4 is 16.6 Å². The predicted octanol–water partition coefficient (Wildman–Crippen LogP) is 3.43. The fourth-order valence-corrected chi connectivity index (χ4v) is 2.25. The standard InChI is InChI=1S/C15H14N2/c1-17-14-8-7-13(16)9-12(14)10-15(17)11-5-3-2-4-6-11/h2-10H,16H2,1H3. The maximum absolute atomic E-state index is 5.81. The summed E-state index contributed by atoms with van der Waals surface area (Å²) < 4.78 is 2.20. The van der Waals surface area contributed by atoms with Crippen LogP contribution in [0.25, 0.3) is 22.2 Å². The quantitative estimate of drug-likeness (QED) is 0.628. The van der Waals surface area contributed by atoms with E-state index in [1.165, 1.54) is 22.2 Å². The van der Waals surface area contributed by atoms with Crippen molar-refractivity contribution in [2.24, 2.45) is 7.05 Å². The van der Waals surface area contributed by atoms with Crippen LogP contribution in [0.5, 0.6) is 0 Å². The van der Waals surface area contributed by atoms with Crippen molar-refractivity contribution in [3.05, 3.63) is 54.6 Å². The van der Waals surface area contributed by atoms with Gasteiger partial charge in [-0.05, 0) is 29.8 Å². The highest BCUT2D eigenvalue weighted by Crippen LogP contribution is 2.28. The highest BCUT2D eigenvalue weighted by Gasteiger charge is 2.07. The molecule has 0 unspecified atom stereocenters. The number of benzene rings is 2. The van der Waals surface area contributed by atoms with Crippen LogP contribution in [-0.4, -0.2) is 4.57 Å². The number of hydrogen-bond donors (Lipinski definition) is 1. The van der Waals surface area contributed by atoms with Crippen molar-refractivity contribution in [1.29, 1.82) is 0 Å². The monoisotopic (exact) mass is 222 g/mol.